The van der Waals surface area contributed by atoms with E-state index in [0.29, 0.717) is 5.56 Å². The third kappa shape index (κ3) is 1.90. The van der Waals surface area contributed by atoms with Crippen LogP contribution < -0.4 is 5.73 Å². The smallest absolute Gasteiger partial charge is 0.263 e. The van der Waals surface area contributed by atoms with Gasteiger partial charge in [-0.25, -0.2) is 0 Å². The minimum absolute atomic E-state index is 0.0549. The van der Waals surface area contributed by atoms with E-state index < -0.39 is 0 Å². The highest BCUT2D eigenvalue weighted by molar-refractivity contribution is 5.80. The Kier molecular flexibility index (Phi) is 2.38. The molecule has 0 amide bonds. The van der Waals surface area contributed by atoms with Gasteiger partial charge in [-0.15, -0.1) is 0 Å². The molecular weight excluding hydrogens is 212 g/mol. The molecule has 8 nitrogen and oxygen atoms in total. The Bertz CT molecular complexity index is 535. The van der Waals surface area contributed by atoms with Crippen molar-refractivity contribution in [3.63, 3.8) is 0 Å². The number of benzene rings is 1. The standard InChI is InChI=1S/C8H8N6O2/c9-8-11-12-13-14(8)10-4-5-1-2-6(15)7(16)3-5/h1-4,15-16H,(H2,9,11,13). The average Bonchev–Trinajstić information content (AvgIpc) is 2.66. The van der Waals surface area contributed by atoms with E-state index in [2.05, 4.69) is 20.6 Å². The number of phenols is 2. The van der Waals surface area contributed by atoms with Gasteiger partial charge in [0, 0.05) is 0 Å². The maximum Gasteiger partial charge on any atom is 0.263 e. The molecule has 2 rings (SSSR count). The summed E-state index contributed by atoms with van der Waals surface area (Å²) in [6.45, 7) is 0. The van der Waals surface area contributed by atoms with Crippen LogP contribution in [-0.2, 0) is 0 Å². The SMILES string of the molecule is Nc1nnnn1N=Cc1ccc(O)c(O)c1. The van der Waals surface area contributed by atoms with Crippen molar-refractivity contribution in [2.75, 3.05) is 5.73 Å². The lowest BCUT2D eigenvalue weighted by Crippen LogP contribution is -1.99. The molecule has 0 unspecified atom stereocenters. The summed E-state index contributed by atoms with van der Waals surface area (Å²) in [6.07, 6.45) is 1.39. The Labute approximate surface area is 89.6 Å². The fraction of sp³-hybridized carbons (Fsp3) is 0. The van der Waals surface area contributed by atoms with E-state index in [9.17, 15) is 5.11 Å². The van der Waals surface area contributed by atoms with Gasteiger partial charge in [0.1, 0.15) is 0 Å². The Morgan fingerprint density at radius 2 is 2.12 bits per heavy atom. The minimum atomic E-state index is -0.228. The molecule has 82 valence electrons. The normalized spacial score (nSPS) is 11.0. The van der Waals surface area contributed by atoms with Crippen LogP contribution in [0.3, 0.4) is 0 Å². The predicted molar refractivity (Wildman–Crippen MR) is 55.0 cm³/mol. The van der Waals surface area contributed by atoms with E-state index in [-0.39, 0.29) is 17.4 Å². The van der Waals surface area contributed by atoms with Crippen LogP contribution in [0.1, 0.15) is 5.56 Å². The van der Waals surface area contributed by atoms with Crippen molar-refractivity contribution in [3.8, 4) is 11.5 Å². The quantitative estimate of drug-likeness (QED) is 0.465. The number of hydrogen-bond acceptors (Lipinski definition) is 7. The number of rotatable bonds is 2. The van der Waals surface area contributed by atoms with Crippen LogP contribution in [0.5, 0.6) is 11.5 Å². The maximum absolute atomic E-state index is 9.23. The molecule has 1 aromatic carbocycles. The largest absolute Gasteiger partial charge is 0.504 e. The van der Waals surface area contributed by atoms with Crippen LogP contribution in [0.25, 0.3) is 0 Å². The summed E-state index contributed by atoms with van der Waals surface area (Å²) in [5, 5.41) is 32.4. The minimum Gasteiger partial charge on any atom is -0.504 e. The molecule has 0 saturated carbocycles. The Morgan fingerprint density at radius 1 is 1.31 bits per heavy atom. The summed E-state index contributed by atoms with van der Waals surface area (Å²) in [5.74, 6) is -0.369. The van der Waals surface area contributed by atoms with Crippen LogP contribution in [0.4, 0.5) is 5.95 Å². The lowest BCUT2D eigenvalue weighted by molar-refractivity contribution is 0.403. The molecule has 0 spiro atoms. The topological polar surface area (TPSA) is 122 Å². The molecule has 0 aliphatic carbocycles. The molecular formula is C8H8N6O2. The number of anilines is 1. The second kappa shape index (κ2) is 3.85. The van der Waals surface area contributed by atoms with Crippen molar-refractivity contribution in [1.82, 2.24) is 20.3 Å². The van der Waals surface area contributed by atoms with Gasteiger partial charge in [-0.3, -0.25) is 0 Å². The third-order valence-corrected chi connectivity index (χ3v) is 1.79. The lowest BCUT2D eigenvalue weighted by atomic mass is 10.2. The zero-order valence-corrected chi connectivity index (χ0v) is 8.02. The summed E-state index contributed by atoms with van der Waals surface area (Å²) < 4.78 is 0. The molecule has 0 atom stereocenters. The molecule has 1 heterocycles. The van der Waals surface area contributed by atoms with Crippen molar-refractivity contribution >= 4 is 12.2 Å². The van der Waals surface area contributed by atoms with Crippen molar-refractivity contribution in [3.05, 3.63) is 23.8 Å². The van der Waals surface area contributed by atoms with Crippen molar-refractivity contribution in [2.24, 2.45) is 5.10 Å². The number of nitrogens with two attached hydrogens (primary N) is 1. The van der Waals surface area contributed by atoms with Crippen LogP contribution >= 0.6 is 0 Å². The second-order valence-corrected chi connectivity index (χ2v) is 2.92. The number of nitrogen functional groups attached to an aromatic ring is 1. The van der Waals surface area contributed by atoms with Gasteiger partial charge < -0.3 is 15.9 Å². The highest BCUT2D eigenvalue weighted by Crippen LogP contribution is 2.23. The van der Waals surface area contributed by atoms with Gasteiger partial charge in [-0.1, -0.05) is 9.89 Å². The van der Waals surface area contributed by atoms with Crippen molar-refractivity contribution < 1.29 is 10.2 Å². The zero-order valence-electron chi connectivity index (χ0n) is 8.02. The second-order valence-electron chi connectivity index (χ2n) is 2.92. The summed E-state index contributed by atoms with van der Waals surface area (Å²) in [7, 11) is 0. The molecule has 0 radical (unpaired) electrons. The van der Waals surface area contributed by atoms with Crippen molar-refractivity contribution in [1.29, 1.82) is 0 Å². The number of tetrazole rings is 1. The molecule has 0 fully saturated rings. The van der Waals surface area contributed by atoms with E-state index in [1.807, 2.05) is 0 Å². The van der Waals surface area contributed by atoms with E-state index in [1.54, 1.807) is 6.07 Å². The number of aromatic nitrogens is 4. The average molecular weight is 220 g/mol. The fourth-order valence-corrected chi connectivity index (χ4v) is 1.01. The van der Waals surface area contributed by atoms with Gasteiger partial charge in [0.25, 0.3) is 5.95 Å². The Hall–Kier alpha value is -2.64. The molecule has 0 saturated heterocycles. The van der Waals surface area contributed by atoms with E-state index in [0.717, 1.165) is 4.79 Å². The molecule has 1 aromatic heterocycles. The highest BCUT2D eigenvalue weighted by Gasteiger charge is 2.00. The number of phenolic OH excluding ortho intramolecular Hbond substituents is 2. The van der Waals surface area contributed by atoms with Crippen molar-refractivity contribution in [2.45, 2.75) is 0 Å². The van der Waals surface area contributed by atoms with Gasteiger partial charge in [0.2, 0.25) is 0 Å². The first-order chi connectivity index (χ1) is 7.66. The molecule has 16 heavy (non-hydrogen) atoms. The van der Waals surface area contributed by atoms with E-state index in [1.165, 1.54) is 18.3 Å². The summed E-state index contributed by atoms with van der Waals surface area (Å²) in [6, 6.07) is 4.26. The van der Waals surface area contributed by atoms with Gasteiger partial charge in [0.15, 0.2) is 11.5 Å². The first kappa shape index (κ1) is 9.90. The first-order valence-corrected chi connectivity index (χ1v) is 4.27. The Morgan fingerprint density at radius 3 is 2.75 bits per heavy atom. The number of nitrogens with zero attached hydrogens (tertiary/aromatic N) is 5. The van der Waals surface area contributed by atoms with Crippen LogP contribution in [0, 0.1) is 0 Å². The number of aromatic hydroxyl groups is 2. The predicted octanol–water partition coefficient (Wildman–Crippen LogP) is -0.451. The first-order valence-electron chi connectivity index (χ1n) is 4.27. The third-order valence-electron chi connectivity index (χ3n) is 1.79. The summed E-state index contributed by atoms with van der Waals surface area (Å²) in [5.41, 5.74) is 5.96. The van der Waals surface area contributed by atoms with E-state index in [4.69, 9.17) is 10.8 Å². The van der Waals surface area contributed by atoms with Crippen LogP contribution in [0.2, 0.25) is 0 Å². The monoisotopic (exact) mass is 220 g/mol. The Balaban J connectivity index is 2.24. The maximum atomic E-state index is 9.23. The number of hydrogen-bond donors (Lipinski definition) is 3. The molecule has 8 heteroatoms. The fourth-order valence-electron chi connectivity index (χ4n) is 1.01. The van der Waals surface area contributed by atoms with Gasteiger partial charge in [-0.05, 0) is 34.2 Å². The molecule has 4 N–H and O–H groups in total. The molecule has 0 aliphatic heterocycles. The molecule has 0 aliphatic rings. The van der Waals surface area contributed by atoms with Gasteiger partial charge in [0.05, 0.1) is 6.21 Å². The van der Waals surface area contributed by atoms with Gasteiger partial charge >= 0.3 is 0 Å². The van der Waals surface area contributed by atoms with E-state index >= 15 is 0 Å². The lowest BCUT2D eigenvalue weighted by Gasteiger charge is -1.97. The highest BCUT2D eigenvalue weighted by atomic mass is 16.3. The zero-order chi connectivity index (χ0) is 11.5. The molecule has 0 bridgehead atoms. The van der Waals surface area contributed by atoms with Crippen LogP contribution in [-0.4, -0.2) is 36.7 Å². The summed E-state index contributed by atoms with van der Waals surface area (Å²) >= 11 is 0. The molecule has 2 aromatic rings. The van der Waals surface area contributed by atoms with Gasteiger partial charge in [-0.2, -0.15) is 5.10 Å². The van der Waals surface area contributed by atoms with Crippen LogP contribution in [0.15, 0.2) is 23.3 Å². The summed E-state index contributed by atoms with van der Waals surface area (Å²) in [4.78, 5) is 1.03.